The zero-order valence-corrected chi connectivity index (χ0v) is 17.9. The van der Waals surface area contributed by atoms with Crippen molar-refractivity contribution >= 4 is 29.2 Å². The lowest BCUT2D eigenvalue weighted by Crippen LogP contribution is -2.27. The van der Waals surface area contributed by atoms with Gasteiger partial charge in [-0.2, -0.15) is 0 Å². The summed E-state index contributed by atoms with van der Waals surface area (Å²) < 4.78 is 10.5. The molecule has 0 saturated heterocycles. The molecule has 160 valence electrons. The molecule has 1 aromatic carbocycles. The zero-order valence-electron chi connectivity index (χ0n) is 17.9. The molecule has 0 spiro atoms. The van der Waals surface area contributed by atoms with Crippen LogP contribution in [0.5, 0.6) is 0 Å². The highest BCUT2D eigenvalue weighted by molar-refractivity contribution is 5.93. The lowest BCUT2D eigenvalue weighted by Gasteiger charge is -2.21. The highest BCUT2D eigenvalue weighted by Gasteiger charge is 2.19. The van der Waals surface area contributed by atoms with Crippen LogP contribution in [0.1, 0.15) is 41.5 Å². The first-order chi connectivity index (χ1) is 13.9. The molecule has 2 N–H and O–H groups in total. The normalized spacial score (nSPS) is 11.4. The molecule has 0 bridgehead atoms. The van der Waals surface area contributed by atoms with Gasteiger partial charge in [0.2, 0.25) is 0 Å². The van der Waals surface area contributed by atoms with Gasteiger partial charge in [-0.3, -0.25) is 15.6 Å². The first kappa shape index (κ1) is 22.8. The van der Waals surface area contributed by atoms with Crippen molar-refractivity contribution in [1.82, 2.24) is 4.98 Å². The van der Waals surface area contributed by atoms with E-state index < -0.39 is 23.4 Å². The molecule has 2 rings (SSSR count). The number of pyridine rings is 1. The van der Waals surface area contributed by atoms with E-state index in [1.54, 1.807) is 53.7 Å². The van der Waals surface area contributed by atoms with Gasteiger partial charge in [0.1, 0.15) is 16.9 Å². The maximum atomic E-state index is 12.2. The molecule has 0 atom stereocenters. The van der Waals surface area contributed by atoms with E-state index in [9.17, 15) is 14.5 Å². The number of benzene rings is 1. The number of nitrogens with zero attached hydrogens (tertiary/aromatic N) is 2. The van der Waals surface area contributed by atoms with Gasteiger partial charge >= 0.3 is 12.2 Å². The van der Waals surface area contributed by atoms with E-state index in [-0.39, 0.29) is 5.69 Å². The number of ether oxygens (including phenoxy) is 2. The molecule has 2 amide bonds. The van der Waals surface area contributed by atoms with Crippen molar-refractivity contribution in [2.75, 3.05) is 10.6 Å². The van der Waals surface area contributed by atoms with Crippen LogP contribution in [0.2, 0.25) is 0 Å². The third-order valence-electron chi connectivity index (χ3n) is 3.44. The number of aromatic nitrogens is 1. The number of amides is 2. The van der Waals surface area contributed by atoms with Gasteiger partial charge in [0, 0.05) is 17.3 Å². The minimum Gasteiger partial charge on any atom is -0.444 e. The number of rotatable bonds is 4. The molecule has 0 saturated carbocycles. The Morgan fingerprint density at radius 1 is 0.900 bits per heavy atom. The second-order valence-electron chi connectivity index (χ2n) is 8.54. The topological polar surface area (TPSA) is 119 Å². The van der Waals surface area contributed by atoms with Crippen molar-refractivity contribution < 1.29 is 19.1 Å². The van der Waals surface area contributed by atoms with Crippen LogP contribution in [0.15, 0.2) is 41.8 Å². The fraction of sp³-hybridized carbons (Fsp3) is 0.381. The third kappa shape index (κ3) is 7.16. The number of carbonyl (C=O) groups is 2. The van der Waals surface area contributed by atoms with E-state index in [4.69, 9.17) is 9.47 Å². The summed E-state index contributed by atoms with van der Waals surface area (Å²) in [6.07, 6.45) is 1.71. The number of anilines is 2. The van der Waals surface area contributed by atoms with Gasteiger partial charge in [-0.05, 0) is 71.0 Å². The van der Waals surface area contributed by atoms with E-state index in [0.29, 0.717) is 22.5 Å². The smallest absolute Gasteiger partial charge is 0.412 e. The highest BCUT2D eigenvalue weighted by Crippen LogP contribution is 2.33. The molecule has 0 aliphatic carbocycles. The molecule has 1 aromatic heterocycles. The standard InChI is InChI=1S/C21H26N4O5/c1-20(2,3)29-18(26)23-15-9-13(11-22-12-15)16-10-14(25-28)7-8-17(16)24-19(27)30-21(4,5)6/h7-12H,1-6H3,(H,23,26)(H,24,27). The van der Waals surface area contributed by atoms with Crippen molar-refractivity contribution in [3.63, 3.8) is 0 Å². The molecule has 0 fully saturated rings. The van der Waals surface area contributed by atoms with Crippen LogP contribution in [0.4, 0.5) is 26.7 Å². The number of hydrogen-bond acceptors (Lipinski definition) is 7. The van der Waals surface area contributed by atoms with E-state index in [1.165, 1.54) is 24.5 Å². The van der Waals surface area contributed by atoms with Crippen LogP contribution >= 0.6 is 0 Å². The SMILES string of the molecule is CC(C)(C)OC(=O)Nc1cncc(-c2cc(N=O)ccc2NC(=O)OC(C)(C)C)c1. The maximum Gasteiger partial charge on any atom is 0.412 e. The Bertz CT molecular complexity index is 945. The molecule has 0 unspecified atom stereocenters. The Morgan fingerprint density at radius 3 is 2.07 bits per heavy atom. The summed E-state index contributed by atoms with van der Waals surface area (Å²) in [7, 11) is 0. The van der Waals surface area contributed by atoms with Crippen molar-refractivity contribution in [2.45, 2.75) is 52.7 Å². The Kier molecular flexibility index (Phi) is 6.76. The van der Waals surface area contributed by atoms with Crippen LogP contribution in [0.25, 0.3) is 11.1 Å². The van der Waals surface area contributed by atoms with E-state index in [0.717, 1.165) is 0 Å². The molecule has 2 aromatic rings. The lowest BCUT2D eigenvalue weighted by atomic mass is 10.0. The largest absolute Gasteiger partial charge is 0.444 e. The summed E-state index contributed by atoms with van der Waals surface area (Å²) in [6.45, 7) is 10.5. The van der Waals surface area contributed by atoms with E-state index in [2.05, 4.69) is 20.8 Å². The lowest BCUT2D eigenvalue weighted by molar-refractivity contribution is 0.0624. The minimum absolute atomic E-state index is 0.172. The van der Waals surface area contributed by atoms with Crippen LogP contribution in [-0.2, 0) is 9.47 Å². The first-order valence-electron chi connectivity index (χ1n) is 9.29. The fourth-order valence-electron chi connectivity index (χ4n) is 2.43. The van der Waals surface area contributed by atoms with Gasteiger partial charge in [0.25, 0.3) is 0 Å². The second-order valence-corrected chi connectivity index (χ2v) is 8.54. The van der Waals surface area contributed by atoms with Crippen molar-refractivity contribution in [1.29, 1.82) is 0 Å². The fourth-order valence-corrected chi connectivity index (χ4v) is 2.43. The summed E-state index contributed by atoms with van der Waals surface area (Å²) in [5.74, 6) is 0. The molecule has 9 heteroatoms. The summed E-state index contributed by atoms with van der Waals surface area (Å²) in [4.78, 5) is 39.4. The Hall–Kier alpha value is -3.49. The Morgan fingerprint density at radius 2 is 1.50 bits per heavy atom. The van der Waals surface area contributed by atoms with E-state index in [1.807, 2.05) is 0 Å². The molecule has 0 aliphatic rings. The van der Waals surface area contributed by atoms with Crippen molar-refractivity contribution in [2.24, 2.45) is 5.18 Å². The molecule has 0 aliphatic heterocycles. The molecule has 9 nitrogen and oxygen atoms in total. The van der Waals surface area contributed by atoms with Crippen molar-refractivity contribution in [3.8, 4) is 11.1 Å². The summed E-state index contributed by atoms with van der Waals surface area (Å²) in [5, 5.41) is 8.21. The molecule has 0 radical (unpaired) electrons. The summed E-state index contributed by atoms with van der Waals surface area (Å²) in [6, 6.07) is 6.17. The Labute approximate surface area is 175 Å². The summed E-state index contributed by atoms with van der Waals surface area (Å²) >= 11 is 0. The number of carbonyl (C=O) groups excluding carboxylic acids is 2. The predicted octanol–water partition coefficient (Wildman–Crippen LogP) is 5.84. The second kappa shape index (κ2) is 8.89. The summed E-state index contributed by atoms with van der Waals surface area (Å²) in [5.41, 5.74) is 0.655. The van der Waals surface area contributed by atoms with Gasteiger partial charge in [-0.25, -0.2) is 9.59 Å². The van der Waals surface area contributed by atoms with Gasteiger partial charge in [0.15, 0.2) is 0 Å². The van der Waals surface area contributed by atoms with Crippen molar-refractivity contribution in [3.05, 3.63) is 41.6 Å². The van der Waals surface area contributed by atoms with Crippen LogP contribution in [-0.4, -0.2) is 28.4 Å². The zero-order chi connectivity index (χ0) is 22.5. The van der Waals surface area contributed by atoms with Crippen LogP contribution in [0, 0.1) is 4.91 Å². The van der Waals surface area contributed by atoms with Gasteiger partial charge in [-0.15, -0.1) is 4.91 Å². The van der Waals surface area contributed by atoms with Gasteiger partial charge in [0.05, 0.1) is 17.6 Å². The van der Waals surface area contributed by atoms with Crippen LogP contribution in [0.3, 0.4) is 0 Å². The Balaban J connectivity index is 2.34. The predicted molar refractivity (Wildman–Crippen MR) is 115 cm³/mol. The number of nitroso groups, excluding NO2 is 1. The average molecular weight is 414 g/mol. The van der Waals surface area contributed by atoms with Gasteiger partial charge in [-0.1, -0.05) is 0 Å². The average Bonchev–Trinajstić information content (AvgIpc) is 2.59. The minimum atomic E-state index is -0.673. The number of nitrogens with one attached hydrogen (secondary N) is 2. The monoisotopic (exact) mass is 414 g/mol. The van der Waals surface area contributed by atoms with E-state index >= 15 is 0 Å². The highest BCUT2D eigenvalue weighted by atomic mass is 16.6. The molecular formula is C21H26N4O5. The first-order valence-corrected chi connectivity index (χ1v) is 9.29. The quantitative estimate of drug-likeness (QED) is 0.607. The molecule has 30 heavy (non-hydrogen) atoms. The number of hydrogen-bond donors (Lipinski definition) is 2. The van der Waals surface area contributed by atoms with Crippen LogP contribution < -0.4 is 10.6 Å². The molecular weight excluding hydrogens is 388 g/mol. The van der Waals surface area contributed by atoms with Gasteiger partial charge < -0.3 is 9.47 Å². The molecule has 1 heterocycles. The third-order valence-corrected chi connectivity index (χ3v) is 3.44. The maximum absolute atomic E-state index is 12.2.